The molecular weight excluding hydrogens is 362 g/mol. The van der Waals surface area contributed by atoms with E-state index in [1.165, 1.54) is 11.3 Å². The maximum atomic E-state index is 5.98. The third-order valence-corrected chi connectivity index (χ3v) is 5.71. The van der Waals surface area contributed by atoms with Crippen molar-refractivity contribution >= 4 is 40.3 Å². The van der Waals surface area contributed by atoms with Crippen LogP contribution in [0, 0.1) is 0 Å². The van der Waals surface area contributed by atoms with E-state index in [1.807, 2.05) is 12.1 Å². The van der Waals surface area contributed by atoms with Gasteiger partial charge in [0.25, 0.3) is 0 Å². The lowest BCUT2D eigenvalue weighted by Crippen LogP contribution is -2.50. The summed E-state index contributed by atoms with van der Waals surface area (Å²) < 4.78 is 0. The number of thiocarbonyl (C=S) groups is 1. The molecule has 0 radical (unpaired) electrons. The summed E-state index contributed by atoms with van der Waals surface area (Å²) in [6.07, 6.45) is 1.16. The second-order valence-corrected chi connectivity index (χ2v) is 7.64. The predicted molar refractivity (Wildman–Crippen MR) is 117 cm³/mol. The van der Waals surface area contributed by atoms with Crippen molar-refractivity contribution in [3.63, 3.8) is 0 Å². The van der Waals surface area contributed by atoms with Crippen molar-refractivity contribution < 1.29 is 0 Å². The maximum Gasteiger partial charge on any atom is 0.173 e. The van der Waals surface area contributed by atoms with Crippen LogP contribution in [0.4, 0.5) is 11.4 Å². The van der Waals surface area contributed by atoms with Crippen LogP contribution >= 0.6 is 23.8 Å². The molecular formula is C21H26ClN3S. The first-order chi connectivity index (χ1) is 12.6. The number of piperazine rings is 1. The molecule has 1 saturated heterocycles. The molecule has 1 heterocycles. The molecule has 1 fully saturated rings. The zero-order valence-electron chi connectivity index (χ0n) is 15.4. The van der Waals surface area contributed by atoms with Gasteiger partial charge in [0.05, 0.1) is 0 Å². The van der Waals surface area contributed by atoms with Crippen LogP contribution in [0.3, 0.4) is 0 Å². The van der Waals surface area contributed by atoms with Crippen LogP contribution in [0.1, 0.15) is 31.7 Å². The quantitative estimate of drug-likeness (QED) is 0.710. The van der Waals surface area contributed by atoms with Crippen LogP contribution in [0.15, 0.2) is 48.5 Å². The van der Waals surface area contributed by atoms with Crippen LogP contribution in [0.5, 0.6) is 0 Å². The molecule has 2 aromatic rings. The minimum atomic E-state index is 0.594. The molecule has 5 heteroatoms. The second-order valence-electron chi connectivity index (χ2n) is 6.81. The Morgan fingerprint density at radius 1 is 1.04 bits per heavy atom. The Morgan fingerprint density at radius 3 is 2.23 bits per heavy atom. The Balaban J connectivity index is 1.52. The number of benzene rings is 2. The number of hydrogen-bond donors (Lipinski definition) is 1. The summed E-state index contributed by atoms with van der Waals surface area (Å²) in [6, 6.07) is 16.7. The number of rotatable bonds is 4. The average Bonchev–Trinajstić information content (AvgIpc) is 2.68. The Bertz CT molecular complexity index is 722. The van der Waals surface area contributed by atoms with E-state index in [4.69, 9.17) is 23.8 Å². The van der Waals surface area contributed by atoms with Gasteiger partial charge in [0, 0.05) is 42.6 Å². The van der Waals surface area contributed by atoms with Crippen molar-refractivity contribution in [1.29, 1.82) is 0 Å². The monoisotopic (exact) mass is 387 g/mol. The normalized spacial score (nSPS) is 15.7. The van der Waals surface area contributed by atoms with E-state index in [0.717, 1.165) is 48.4 Å². The van der Waals surface area contributed by atoms with Crippen LogP contribution in [0.25, 0.3) is 0 Å². The van der Waals surface area contributed by atoms with Crippen molar-refractivity contribution in [2.45, 2.75) is 26.2 Å². The van der Waals surface area contributed by atoms with Gasteiger partial charge >= 0.3 is 0 Å². The van der Waals surface area contributed by atoms with Gasteiger partial charge in [-0.2, -0.15) is 0 Å². The zero-order chi connectivity index (χ0) is 18.5. The minimum absolute atomic E-state index is 0.594. The van der Waals surface area contributed by atoms with Gasteiger partial charge in [-0.1, -0.05) is 37.6 Å². The highest BCUT2D eigenvalue weighted by Gasteiger charge is 2.19. The van der Waals surface area contributed by atoms with Crippen molar-refractivity contribution in [3.8, 4) is 0 Å². The average molecular weight is 388 g/mol. The van der Waals surface area contributed by atoms with E-state index in [2.05, 4.69) is 65.4 Å². The molecule has 1 aliphatic rings. The third-order valence-electron chi connectivity index (χ3n) is 5.10. The zero-order valence-corrected chi connectivity index (χ0v) is 17.0. The van der Waals surface area contributed by atoms with E-state index in [-0.39, 0.29) is 0 Å². The molecule has 3 rings (SSSR count). The van der Waals surface area contributed by atoms with E-state index >= 15 is 0 Å². The lowest BCUT2D eigenvalue weighted by atomic mass is 9.99. The van der Waals surface area contributed by atoms with E-state index in [9.17, 15) is 0 Å². The predicted octanol–water partition coefficient (Wildman–Crippen LogP) is 5.37. The van der Waals surface area contributed by atoms with Gasteiger partial charge in [0.2, 0.25) is 0 Å². The maximum absolute atomic E-state index is 5.98. The molecule has 3 nitrogen and oxygen atoms in total. The molecule has 1 unspecified atom stereocenters. The summed E-state index contributed by atoms with van der Waals surface area (Å²) in [5.41, 5.74) is 3.65. The van der Waals surface area contributed by atoms with Gasteiger partial charge in [-0.05, 0) is 66.5 Å². The summed E-state index contributed by atoms with van der Waals surface area (Å²) in [6.45, 7) is 8.22. The van der Waals surface area contributed by atoms with Crippen molar-refractivity contribution in [3.05, 3.63) is 59.1 Å². The highest BCUT2D eigenvalue weighted by atomic mass is 35.5. The number of halogens is 1. The van der Waals surface area contributed by atoms with Crippen molar-refractivity contribution in [1.82, 2.24) is 4.90 Å². The third kappa shape index (κ3) is 4.68. The smallest absolute Gasteiger partial charge is 0.173 e. The molecule has 0 amide bonds. The van der Waals surface area contributed by atoms with Crippen LogP contribution < -0.4 is 10.2 Å². The highest BCUT2D eigenvalue weighted by molar-refractivity contribution is 7.80. The lowest BCUT2D eigenvalue weighted by Gasteiger charge is -2.37. The standard InChI is InChI=1S/C21H26ClN3S/c1-3-16(2)17-4-8-19(9-5-17)23-21(26)25-14-12-24(13-15-25)20-10-6-18(22)7-11-20/h4-11,16H,3,12-15H2,1-2H3,(H,23,26). The molecule has 0 aromatic heterocycles. The Hall–Kier alpha value is -1.78. The SMILES string of the molecule is CCC(C)c1ccc(NC(=S)N2CCN(c3ccc(Cl)cc3)CC2)cc1. The summed E-state index contributed by atoms with van der Waals surface area (Å²) >= 11 is 11.6. The first-order valence-corrected chi connectivity index (χ1v) is 10.0. The molecule has 0 aliphatic carbocycles. The summed E-state index contributed by atoms with van der Waals surface area (Å²) in [7, 11) is 0. The number of anilines is 2. The Morgan fingerprint density at radius 2 is 1.65 bits per heavy atom. The van der Waals surface area contributed by atoms with E-state index in [0.29, 0.717) is 5.92 Å². The second kappa shape index (κ2) is 8.74. The summed E-state index contributed by atoms with van der Waals surface area (Å²) in [5, 5.41) is 4.96. The highest BCUT2D eigenvalue weighted by Crippen LogP contribution is 2.22. The molecule has 1 atom stereocenters. The molecule has 0 saturated carbocycles. The van der Waals surface area contributed by atoms with Crippen molar-refractivity contribution in [2.24, 2.45) is 0 Å². The van der Waals surface area contributed by atoms with Crippen LogP contribution in [0.2, 0.25) is 5.02 Å². The van der Waals surface area contributed by atoms with Gasteiger partial charge in [-0.3, -0.25) is 0 Å². The van der Waals surface area contributed by atoms with E-state index < -0.39 is 0 Å². The topological polar surface area (TPSA) is 18.5 Å². The Kier molecular flexibility index (Phi) is 6.38. The van der Waals surface area contributed by atoms with Crippen molar-refractivity contribution in [2.75, 3.05) is 36.4 Å². The minimum Gasteiger partial charge on any atom is -0.368 e. The fourth-order valence-corrected chi connectivity index (χ4v) is 3.58. The molecule has 2 aromatic carbocycles. The largest absolute Gasteiger partial charge is 0.368 e. The Labute approximate surface area is 166 Å². The first kappa shape index (κ1) is 19.0. The first-order valence-electron chi connectivity index (χ1n) is 9.23. The molecule has 0 spiro atoms. The van der Waals surface area contributed by atoms with E-state index in [1.54, 1.807) is 0 Å². The molecule has 0 bridgehead atoms. The fraction of sp³-hybridized carbons (Fsp3) is 0.381. The molecule has 26 heavy (non-hydrogen) atoms. The van der Waals surface area contributed by atoms with Crippen LogP contribution in [-0.4, -0.2) is 36.2 Å². The molecule has 1 N–H and O–H groups in total. The van der Waals surface area contributed by atoms with Gasteiger partial charge in [0.1, 0.15) is 0 Å². The van der Waals surface area contributed by atoms with Gasteiger partial charge < -0.3 is 15.1 Å². The van der Waals surface area contributed by atoms with Gasteiger partial charge in [-0.15, -0.1) is 0 Å². The number of nitrogens with zero attached hydrogens (tertiary/aromatic N) is 2. The molecule has 138 valence electrons. The number of hydrogen-bond acceptors (Lipinski definition) is 2. The van der Waals surface area contributed by atoms with Gasteiger partial charge in [0.15, 0.2) is 5.11 Å². The summed E-state index contributed by atoms with van der Waals surface area (Å²) in [4.78, 5) is 4.61. The number of nitrogens with one attached hydrogen (secondary N) is 1. The summed E-state index contributed by atoms with van der Waals surface area (Å²) in [5.74, 6) is 0.594. The molecule has 1 aliphatic heterocycles. The fourth-order valence-electron chi connectivity index (χ4n) is 3.15. The van der Waals surface area contributed by atoms with Crippen LogP contribution in [-0.2, 0) is 0 Å². The lowest BCUT2D eigenvalue weighted by molar-refractivity contribution is 0.391. The van der Waals surface area contributed by atoms with Gasteiger partial charge in [-0.25, -0.2) is 0 Å².